The number of nitrogens with zero attached hydrogens (tertiary/aromatic N) is 4. The third kappa shape index (κ3) is 5.10. The highest BCUT2D eigenvalue weighted by Gasteiger charge is 2.28. The van der Waals surface area contributed by atoms with Gasteiger partial charge in [-0.1, -0.05) is 19.8 Å². The normalized spacial score (nSPS) is 17.3. The quantitative estimate of drug-likeness (QED) is 0.439. The summed E-state index contributed by atoms with van der Waals surface area (Å²) < 4.78 is 12.1. The first kappa shape index (κ1) is 22.1. The molecule has 3 N–H and O–H groups in total. The standard InChI is InChI=1S/C20H32N6O4/c1-3-4-13-30-19-23-16(21)15-17(24-19)26(20(28)22-15)12-8-7-11-25-10-6-5-9-14(25)18(27)29-2/h14H,3-13H2,1-2H3,(H,22,28)(H2,21,23,24). The Balaban J connectivity index is 1.63. The van der Waals surface area contributed by atoms with Gasteiger partial charge in [0.05, 0.1) is 13.7 Å². The number of aromatic nitrogens is 4. The number of ether oxygens (including phenoxy) is 2. The molecule has 1 unspecified atom stereocenters. The molecule has 1 atom stereocenters. The maximum atomic E-state index is 12.4. The van der Waals surface area contributed by atoms with Crippen molar-refractivity contribution < 1.29 is 14.3 Å². The molecule has 1 aliphatic rings. The van der Waals surface area contributed by atoms with Crippen LogP contribution in [0.3, 0.4) is 0 Å². The molecule has 0 spiro atoms. The lowest BCUT2D eigenvalue weighted by molar-refractivity contribution is -0.148. The van der Waals surface area contributed by atoms with Crippen LogP contribution in [0.15, 0.2) is 4.79 Å². The number of imidazole rings is 1. The second-order valence-corrected chi connectivity index (χ2v) is 7.65. The minimum absolute atomic E-state index is 0.157. The fraction of sp³-hybridized carbons (Fsp3) is 0.700. The Kier molecular flexibility index (Phi) is 7.67. The predicted molar refractivity (Wildman–Crippen MR) is 113 cm³/mol. The first-order chi connectivity index (χ1) is 14.5. The van der Waals surface area contributed by atoms with Gasteiger partial charge in [0.25, 0.3) is 0 Å². The highest BCUT2D eigenvalue weighted by Crippen LogP contribution is 2.20. The van der Waals surface area contributed by atoms with Gasteiger partial charge >= 0.3 is 17.7 Å². The van der Waals surface area contributed by atoms with E-state index in [1.165, 1.54) is 7.11 Å². The largest absolute Gasteiger partial charge is 0.468 e. The van der Waals surface area contributed by atoms with Crippen molar-refractivity contribution in [3.8, 4) is 6.01 Å². The van der Waals surface area contributed by atoms with E-state index in [4.69, 9.17) is 15.2 Å². The summed E-state index contributed by atoms with van der Waals surface area (Å²) in [5, 5.41) is 0. The average molecular weight is 421 g/mol. The zero-order valence-corrected chi connectivity index (χ0v) is 17.9. The first-order valence-corrected chi connectivity index (χ1v) is 10.8. The number of aryl methyl sites for hydroxylation is 1. The highest BCUT2D eigenvalue weighted by atomic mass is 16.5. The van der Waals surface area contributed by atoms with E-state index in [2.05, 4.69) is 26.8 Å². The van der Waals surface area contributed by atoms with Gasteiger partial charge in [0.1, 0.15) is 11.6 Å². The Morgan fingerprint density at radius 1 is 1.23 bits per heavy atom. The SMILES string of the molecule is CCCCOc1nc(N)c2[nH]c(=O)n(CCCCN3CCCCC3C(=O)OC)c2n1. The topological polar surface area (TPSA) is 128 Å². The van der Waals surface area contributed by atoms with Crippen LogP contribution in [0.1, 0.15) is 51.9 Å². The van der Waals surface area contributed by atoms with E-state index in [1.54, 1.807) is 4.57 Å². The van der Waals surface area contributed by atoms with Crippen LogP contribution in [0.5, 0.6) is 6.01 Å². The maximum absolute atomic E-state index is 12.4. The van der Waals surface area contributed by atoms with Crippen molar-refractivity contribution in [3.05, 3.63) is 10.5 Å². The molecule has 30 heavy (non-hydrogen) atoms. The summed E-state index contributed by atoms with van der Waals surface area (Å²) >= 11 is 0. The van der Waals surface area contributed by atoms with Gasteiger partial charge in [-0.3, -0.25) is 14.3 Å². The lowest BCUT2D eigenvalue weighted by atomic mass is 10.0. The molecule has 1 saturated heterocycles. The van der Waals surface area contributed by atoms with Crippen molar-refractivity contribution in [2.45, 2.75) is 64.5 Å². The summed E-state index contributed by atoms with van der Waals surface area (Å²) in [5.41, 5.74) is 6.62. The second kappa shape index (κ2) is 10.4. The van der Waals surface area contributed by atoms with Crippen molar-refractivity contribution >= 4 is 23.0 Å². The number of anilines is 1. The molecular weight excluding hydrogens is 388 g/mol. The van der Waals surface area contributed by atoms with Crippen molar-refractivity contribution in [1.29, 1.82) is 0 Å². The maximum Gasteiger partial charge on any atom is 0.327 e. The number of aromatic amines is 1. The van der Waals surface area contributed by atoms with Crippen LogP contribution in [0.25, 0.3) is 11.2 Å². The number of nitrogens with one attached hydrogen (secondary N) is 1. The molecule has 0 radical (unpaired) electrons. The highest BCUT2D eigenvalue weighted by molar-refractivity contribution is 5.81. The molecule has 166 valence electrons. The number of hydrogen-bond donors (Lipinski definition) is 2. The third-order valence-corrected chi connectivity index (χ3v) is 5.52. The minimum Gasteiger partial charge on any atom is -0.468 e. The van der Waals surface area contributed by atoms with Crippen molar-refractivity contribution in [2.75, 3.05) is 32.5 Å². The van der Waals surface area contributed by atoms with Crippen LogP contribution in [-0.4, -0.2) is 63.2 Å². The summed E-state index contributed by atoms with van der Waals surface area (Å²) in [7, 11) is 1.44. The molecule has 1 fully saturated rings. The van der Waals surface area contributed by atoms with Crippen molar-refractivity contribution in [3.63, 3.8) is 0 Å². The third-order valence-electron chi connectivity index (χ3n) is 5.52. The summed E-state index contributed by atoms with van der Waals surface area (Å²) in [6.07, 6.45) is 6.49. The molecule has 0 saturated carbocycles. The van der Waals surface area contributed by atoms with E-state index < -0.39 is 0 Å². The van der Waals surface area contributed by atoms with E-state index >= 15 is 0 Å². The lowest BCUT2D eigenvalue weighted by Crippen LogP contribution is -2.45. The monoisotopic (exact) mass is 420 g/mol. The Bertz CT molecular complexity index is 909. The van der Waals surface area contributed by atoms with Crippen LogP contribution in [0.2, 0.25) is 0 Å². The van der Waals surface area contributed by atoms with Crippen LogP contribution in [0, 0.1) is 0 Å². The number of hydrogen-bond acceptors (Lipinski definition) is 8. The van der Waals surface area contributed by atoms with E-state index in [0.29, 0.717) is 24.3 Å². The molecule has 0 aromatic carbocycles. The number of carbonyl (C=O) groups excluding carboxylic acids is 1. The van der Waals surface area contributed by atoms with Crippen LogP contribution < -0.4 is 16.2 Å². The number of piperidine rings is 1. The van der Waals surface area contributed by atoms with Gasteiger partial charge in [-0.2, -0.15) is 9.97 Å². The fourth-order valence-corrected chi connectivity index (χ4v) is 3.86. The van der Waals surface area contributed by atoms with E-state index in [-0.39, 0.29) is 29.5 Å². The van der Waals surface area contributed by atoms with Crippen molar-refractivity contribution in [2.24, 2.45) is 0 Å². The molecule has 2 aromatic heterocycles. The predicted octanol–water partition coefficient (Wildman–Crippen LogP) is 1.69. The molecule has 3 heterocycles. The van der Waals surface area contributed by atoms with Gasteiger partial charge in [-0.15, -0.1) is 0 Å². The molecule has 0 aliphatic carbocycles. The number of methoxy groups -OCH3 is 1. The summed E-state index contributed by atoms with van der Waals surface area (Å²) in [6.45, 7) is 4.77. The van der Waals surface area contributed by atoms with Gasteiger partial charge in [0.2, 0.25) is 0 Å². The number of nitrogens with two attached hydrogens (primary N) is 1. The van der Waals surface area contributed by atoms with E-state index in [0.717, 1.165) is 58.0 Å². The molecule has 0 bridgehead atoms. The second-order valence-electron chi connectivity index (χ2n) is 7.65. The lowest BCUT2D eigenvalue weighted by Gasteiger charge is -2.33. The van der Waals surface area contributed by atoms with Gasteiger partial charge in [0, 0.05) is 6.54 Å². The number of likely N-dealkylation sites (tertiary alicyclic amines) is 1. The fourth-order valence-electron chi connectivity index (χ4n) is 3.86. The van der Waals surface area contributed by atoms with Gasteiger partial charge in [0.15, 0.2) is 11.5 Å². The summed E-state index contributed by atoms with van der Waals surface area (Å²) in [4.78, 5) is 37.9. The Labute approximate surface area is 175 Å². The zero-order chi connectivity index (χ0) is 21.5. The Hall–Kier alpha value is -2.62. The van der Waals surface area contributed by atoms with Crippen LogP contribution in [0.4, 0.5) is 5.82 Å². The van der Waals surface area contributed by atoms with Crippen LogP contribution >= 0.6 is 0 Å². The number of H-pyrrole nitrogens is 1. The van der Waals surface area contributed by atoms with E-state index in [1.807, 2.05) is 0 Å². The number of nitrogen functional groups attached to an aromatic ring is 1. The minimum atomic E-state index is -0.262. The molecule has 10 nitrogen and oxygen atoms in total. The van der Waals surface area contributed by atoms with Gasteiger partial charge in [-0.25, -0.2) is 4.79 Å². The summed E-state index contributed by atoms with van der Waals surface area (Å²) in [6, 6.07) is 0.0327. The first-order valence-electron chi connectivity index (χ1n) is 10.8. The average Bonchev–Trinajstić information content (AvgIpc) is 3.07. The number of esters is 1. The van der Waals surface area contributed by atoms with Crippen molar-refractivity contribution in [1.82, 2.24) is 24.4 Å². The number of fused-ring (bicyclic) bond motifs is 1. The van der Waals surface area contributed by atoms with Gasteiger partial charge in [-0.05, 0) is 45.2 Å². The zero-order valence-electron chi connectivity index (χ0n) is 17.9. The Morgan fingerprint density at radius 3 is 2.80 bits per heavy atom. The molecule has 10 heteroatoms. The van der Waals surface area contributed by atoms with Gasteiger partial charge < -0.3 is 20.2 Å². The van der Waals surface area contributed by atoms with E-state index in [9.17, 15) is 9.59 Å². The number of rotatable bonds is 10. The molecule has 0 amide bonds. The molecule has 1 aliphatic heterocycles. The smallest absolute Gasteiger partial charge is 0.327 e. The summed E-state index contributed by atoms with van der Waals surface area (Å²) in [5.74, 6) is 0.0434. The number of carbonyl (C=O) groups is 1. The Morgan fingerprint density at radius 2 is 2.03 bits per heavy atom. The number of unbranched alkanes of at least 4 members (excludes halogenated alkanes) is 2. The molecule has 3 rings (SSSR count). The molecular formula is C20H32N6O4. The molecule has 2 aromatic rings. The van der Waals surface area contributed by atoms with Crippen LogP contribution in [-0.2, 0) is 16.1 Å².